The molecule has 1 aromatic rings. The molecule has 6 heteroatoms. The Kier molecular flexibility index (Phi) is 3.21. The number of hydrogen-bond acceptors (Lipinski definition) is 4. The smallest absolute Gasteiger partial charge is 0.322 e. The van der Waals surface area contributed by atoms with Gasteiger partial charge in [-0.3, -0.25) is 9.59 Å². The van der Waals surface area contributed by atoms with Crippen molar-refractivity contribution in [2.24, 2.45) is 0 Å². The zero-order chi connectivity index (χ0) is 11.5. The third-order valence-electron chi connectivity index (χ3n) is 2.49. The van der Waals surface area contributed by atoms with E-state index in [9.17, 15) is 9.59 Å². The van der Waals surface area contributed by atoms with E-state index in [0.717, 1.165) is 0 Å². The molecule has 1 fully saturated rings. The fraction of sp³-hybridized carbons (Fsp3) is 0.400. The van der Waals surface area contributed by atoms with Crippen molar-refractivity contribution >= 4 is 23.2 Å². The number of carboxylic acid groups (broad SMARTS) is 1. The van der Waals surface area contributed by atoms with E-state index in [1.807, 2.05) is 11.4 Å². The molecule has 0 saturated carbocycles. The summed E-state index contributed by atoms with van der Waals surface area (Å²) in [4.78, 5) is 25.0. The zero-order valence-electron chi connectivity index (χ0n) is 8.55. The third kappa shape index (κ3) is 2.23. The van der Waals surface area contributed by atoms with Crippen LogP contribution in [0.5, 0.6) is 0 Å². The SMILES string of the molecule is O=C(O)[C@H]1CN(C(=O)c2cccs2)CCN1. The van der Waals surface area contributed by atoms with Gasteiger partial charge in [-0.1, -0.05) is 6.07 Å². The molecule has 16 heavy (non-hydrogen) atoms. The molecular formula is C10H12N2O3S. The van der Waals surface area contributed by atoms with Gasteiger partial charge in [-0.25, -0.2) is 0 Å². The minimum atomic E-state index is -0.913. The third-order valence-corrected chi connectivity index (χ3v) is 3.35. The Hall–Kier alpha value is -1.40. The van der Waals surface area contributed by atoms with E-state index in [2.05, 4.69) is 5.32 Å². The lowest BCUT2D eigenvalue weighted by Gasteiger charge is -2.31. The standard InChI is InChI=1S/C10H12N2O3S/c13-9(8-2-1-5-16-8)12-4-3-11-7(6-12)10(14)15/h1-2,5,7,11H,3-4,6H2,(H,14,15)/t7-/m1/s1. The van der Waals surface area contributed by atoms with Crippen LogP contribution in [0, 0.1) is 0 Å². The van der Waals surface area contributed by atoms with Crippen molar-refractivity contribution < 1.29 is 14.7 Å². The molecule has 0 bridgehead atoms. The van der Waals surface area contributed by atoms with Gasteiger partial charge < -0.3 is 15.3 Å². The van der Waals surface area contributed by atoms with Crippen molar-refractivity contribution in [1.29, 1.82) is 0 Å². The highest BCUT2D eigenvalue weighted by Crippen LogP contribution is 2.13. The molecule has 86 valence electrons. The fourth-order valence-electron chi connectivity index (χ4n) is 1.66. The van der Waals surface area contributed by atoms with Crippen LogP contribution in [0.4, 0.5) is 0 Å². The second-order valence-corrected chi connectivity index (χ2v) is 4.52. The predicted octanol–water partition coefficient (Wildman–Crippen LogP) is 0.247. The summed E-state index contributed by atoms with van der Waals surface area (Å²) in [5, 5.41) is 13.6. The lowest BCUT2D eigenvalue weighted by Crippen LogP contribution is -2.55. The van der Waals surface area contributed by atoms with Crippen LogP contribution in [0.2, 0.25) is 0 Å². The van der Waals surface area contributed by atoms with Gasteiger partial charge in [0.2, 0.25) is 0 Å². The van der Waals surface area contributed by atoms with E-state index in [1.54, 1.807) is 11.0 Å². The maximum absolute atomic E-state index is 11.9. The molecule has 1 aliphatic rings. The van der Waals surface area contributed by atoms with Crippen molar-refractivity contribution in [3.63, 3.8) is 0 Å². The molecule has 1 amide bonds. The molecule has 0 unspecified atom stereocenters. The molecule has 0 spiro atoms. The van der Waals surface area contributed by atoms with Gasteiger partial charge in [0.05, 0.1) is 4.88 Å². The molecule has 0 aromatic carbocycles. The Labute approximate surface area is 96.7 Å². The second-order valence-electron chi connectivity index (χ2n) is 3.57. The van der Waals surface area contributed by atoms with Crippen LogP contribution in [0.3, 0.4) is 0 Å². The summed E-state index contributed by atoms with van der Waals surface area (Å²) < 4.78 is 0. The van der Waals surface area contributed by atoms with Crippen molar-refractivity contribution in [1.82, 2.24) is 10.2 Å². The van der Waals surface area contributed by atoms with Crippen molar-refractivity contribution in [2.45, 2.75) is 6.04 Å². The zero-order valence-corrected chi connectivity index (χ0v) is 9.37. The summed E-state index contributed by atoms with van der Waals surface area (Å²) >= 11 is 1.38. The van der Waals surface area contributed by atoms with E-state index in [0.29, 0.717) is 18.0 Å². The summed E-state index contributed by atoms with van der Waals surface area (Å²) in [5.41, 5.74) is 0. The monoisotopic (exact) mass is 240 g/mol. The molecular weight excluding hydrogens is 228 g/mol. The fourth-order valence-corrected chi connectivity index (χ4v) is 2.35. The first-order valence-electron chi connectivity index (χ1n) is 4.97. The average molecular weight is 240 g/mol. The number of carboxylic acids is 1. The van der Waals surface area contributed by atoms with Gasteiger partial charge in [-0.05, 0) is 11.4 Å². The highest BCUT2D eigenvalue weighted by molar-refractivity contribution is 7.12. The summed E-state index contributed by atoms with van der Waals surface area (Å²) in [6, 6.07) is 2.91. The van der Waals surface area contributed by atoms with Crippen molar-refractivity contribution in [3.05, 3.63) is 22.4 Å². The molecule has 0 radical (unpaired) electrons. The highest BCUT2D eigenvalue weighted by Gasteiger charge is 2.28. The van der Waals surface area contributed by atoms with Crippen LogP contribution in [-0.2, 0) is 4.79 Å². The number of carbonyl (C=O) groups is 2. The molecule has 0 aliphatic carbocycles. The summed E-state index contributed by atoms with van der Waals surface area (Å²) in [7, 11) is 0. The number of thiophene rings is 1. The molecule has 2 N–H and O–H groups in total. The first-order valence-corrected chi connectivity index (χ1v) is 5.85. The van der Waals surface area contributed by atoms with Gasteiger partial charge in [-0.2, -0.15) is 0 Å². The lowest BCUT2D eigenvalue weighted by molar-refractivity contribution is -0.140. The van der Waals surface area contributed by atoms with Gasteiger partial charge >= 0.3 is 5.97 Å². The molecule has 1 aliphatic heterocycles. The molecule has 2 rings (SSSR count). The highest BCUT2D eigenvalue weighted by atomic mass is 32.1. The minimum absolute atomic E-state index is 0.0808. The average Bonchev–Trinajstić information content (AvgIpc) is 2.81. The number of nitrogens with zero attached hydrogens (tertiary/aromatic N) is 1. The van der Waals surface area contributed by atoms with Crippen LogP contribution in [-0.4, -0.2) is 47.6 Å². The number of aliphatic carboxylic acids is 1. The van der Waals surface area contributed by atoms with E-state index in [1.165, 1.54) is 11.3 Å². The normalized spacial score (nSPS) is 20.8. The van der Waals surface area contributed by atoms with E-state index in [4.69, 9.17) is 5.11 Å². The Morgan fingerprint density at radius 2 is 2.38 bits per heavy atom. The number of rotatable bonds is 2. The van der Waals surface area contributed by atoms with Crippen molar-refractivity contribution in [2.75, 3.05) is 19.6 Å². The molecule has 1 aromatic heterocycles. The second kappa shape index (κ2) is 4.63. The first-order chi connectivity index (χ1) is 7.68. The molecule has 1 atom stereocenters. The lowest BCUT2D eigenvalue weighted by atomic mass is 10.2. The van der Waals surface area contributed by atoms with Gasteiger partial charge in [0.1, 0.15) is 6.04 Å². The van der Waals surface area contributed by atoms with Crippen LogP contribution < -0.4 is 5.32 Å². The van der Waals surface area contributed by atoms with Crippen LogP contribution >= 0.6 is 11.3 Å². The molecule has 1 saturated heterocycles. The van der Waals surface area contributed by atoms with Crippen molar-refractivity contribution in [3.8, 4) is 0 Å². The van der Waals surface area contributed by atoms with E-state index >= 15 is 0 Å². The summed E-state index contributed by atoms with van der Waals surface area (Å²) in [6.07, 6.45) is 0. The quantitative estimate of drug-likeness (QED) is 0.777. The number of carbonyl (C=O) groups excluding carboxylic acids is 1. The Balaban J connectivity index is 2.05. The minimum Gasteiger partial charge on any atom is -0.480 e. The number of piperazine rings is 1. The Bertz CT molecular complexity index is 391. The van der Waals surface area contributed by atoms with Gasteiger partial charge in [0, 0.05) is 19.6 Å². The predicted molar refractivity (Wildman–Crippen MR) is 59.6 cm³/mol. The topological polar surface area (TPSA) is 69.6 Å². The van der Waals surface area contributed by atoms with Gasteiger partial charge in [0.25, 0.3) is 5.91 Å². The number of amides is 1. The van der Waals surface area contributed by atoms with Gasteiger partial charge in [-0.15, -0.1) is 11.3 Å². The summed E-state index contributed by atoms with van der Waals surface area (Å²) in [6.45, 7) is 1.31. The Morgan fingerprint density at radius 3 is 3.00 bits per heavy atom. The largest absolute Gasteiger partial charge is 0.480 e. The number of nitrogens with one attached hydrogen (secondary N) is 1. The number of hydrogen-bond donors (Lipinski definition) is 2. The van der Waals surface area contributed by atoms with Crippen LogP contribution in [0.1, 0.15) is 9.67 Å². The Morgan fingerprint density at radius 1 is 1.56 bits per heavy atom. The molecule has 5 nitrogen and oxygen atoms in total. The first kappa shape index (κ1) is 11.1. The molecule has 2 heterocycles. The van der Waals surface area contributed by atoms with Crippen LogP contribution in [0.25, 0.3) is 0 Å². The van der Waals surface area contributed by atoms with Gasteiger partial charge in [0.15, 0.2) is 0 Å². The summed E-state index contributed by atoms with van der Waals surface area (Å²) in [5.74, 6) is -0.994. The van der Waals surface area contributed by atoms with Crippen LogP contribution in [0.15, 0.2) is 17.5 Å². The van der Waals surface area contributed by atoms with E-state index in [-0.39, 0.29) is 12.5 Å². The van der Waals surface area contributed by atoms with E-state index < -0.39 is 12.0 Å². The maximum atomic E-state index is 11.9. The maximum Gasteiger partial charge on any atom is 0.322 e.